The number of aromatic amines is 1. The summed E-state index contributed by atoms with van der Waals surface area (Å²) in [5.41, 5.74) is 1.04. The number of ether oxygens (including phenoxy) is 1. The molecule has 0 radical (unpaired) electrons. The number of carbonyl (C=O) groups excluding carboxylic acids is 1. The van der Waals surface area contributed by atoms with Crippen LogP contribution in [0.5, 0.6) is 0 Å². The lowest BCUT2D eigenvalue weighted by atomic mass is 10.2. The Morgan fingerprint density at radius 3 is 2.83 bits per heavy atom. The molecule has 1 amide bonds. The summed E-state index contributed by atoms with van der Waals surface area (Å²) in [6, 6.07) is 16.4. The van der Waals surface area contributed by atoms with Gasteiger partial charge >= 0.3 is 0 Å². The standard InChI is InChI=1S/C23H21N3O4/c27-22-17-8-2-3-9-18(17)24-21(25-22)14-26(13-16-7-5-11-29-16)23(28)20-12-15-6-1-4-10-19(15)30-20/h1-4,6,8-10,12,16H,5,7,11,13-14H2,(H,24,25,27). The van der Waals surface area contributed by atoms with Gasteiger partial charge in [-0.25, -0.2) is 4.98 Å². The highest BCUT2D eigenvalue weighted by Gasteiger charge is 2.26. The molecular weight excluding hydrogens is 382 g/mol. The number of amides is 1. The molecule has 1 saturated heterocycles. The molecule has 1 N–H and O–H groups in total. The van der Waals surface area contributed by atoms with Crippen LogP contribution in [-0.2, 0) is 11.3 Å². The van der Waals surface area contributed by atoms with E-state index in [4.69, 9.17) is 9.15 Å². The number of benzene rings is 2. The first-order valence-electron chi connectivity index (χ1n) is 10.0. The molecule has 1 aliphatic rings. The van der Waals surface area contributed by atoms with Crippen molar-refractivity contribution in [2.45, 2.75) is 25.5 Å². The van der Waals surface area contributed by atoms with E-state index in [0.717, 1.165) is 18.2 Å². The molecule has 2 aromatic carbocycles. The Kier molecular flexibility index (Phi) is 4.80. The fourth-order valence-electron chi connectivity index (χ4n) is 3.89. The minimum absolute atomic E-state index is 0.0366. The summed E-state index contributed by atoms with van der Waals surface area (Å²) in [5.74, 6) is 0.441. The molecule has 152 valence electrons. The van der Waals surface area contributed by atoms with E-state index in [0.29, 0.717) is 35.5 Å². The summed E-state index contributed by atoms with van der Waals surface area (Å²) in [5, 5.41) is 1.39. The lowest BCUT2D eigenvalue weighted by Gasteiger charge is -2.24. The molecule has 7 nitrogen and oxygen atoms in total. The molecule has 0 aliphatic carbocycles. The SMILES string of the molecule is O=C(c1cc2ccccc2o1)N(Cc1nc2ccccc2c(=O)[nH]1)CC1CCCO1. The molecule has 1 aliphatic heterocycles. The molecule has 1 fully saturated rings. The maximum Gasteiger partial charge on any atom is 0.290 e. The molecule has 0 spiro atoms. The van der Waals surface area contributed by atoms with Gasteiger partial charge in [0.1, 0.15) is 11.4 Å². The summed E-state index contributed by atoms with van der Waals surface area (Å²) in [6.07, 6.45) is 1.83. The number of carbonyl (C=O) groups is 1. The third kappa shape index (κ3) is 3.59. The van der Waals surface area contributed by atoms with E-state index in [2.05, 4.69) is 9.97 Å². The molecule has 5 rings (SSSR count). The topological polar surface area (TPSA) is 88.4 Å². The summed E-state index contributed by atoms with van der Waals surface area (Å²) in [7, 11) is 0. The van der Waals surface area contributed by atoms with Gasteiger partial charge in [-0.3, -0.25) is 9.59 Å². The highest BCUT2D eigenvalue weighted by Crippen LogP contribution is 2.22. The van der Waals surface area contributed by atoms with Crippen molar-refractivity contribution in [3.05, 3.63) is 76.5 Å². The molecular formula is C23H21N3O4. The number of H-pyrrole nitrogens is 1. The molecule has 7 heteroatoms. The first-order valence-corrected chi connectivity index (χ1v) is 10.0. The second-order valence-electron chi connectivity index (χ2n) is 7.50. The van der Waals surface area contributed by atoms with Crippen LogP contribution >= 0.6 is 0 Å². The average Bonchev–Trinajstić information content (AvgIpc) is 3.42. The van der Waals surface area contributed by atoms with Crippen molar-refractivity contribution in [3.63, 3.8) is 0 Å². The third-order valence-corrected chi connectivity index (χ3v) is 5.37. The van der Waals surface area contributed by atoms with Gasteiger partial charge in [-0.2, -0.15) is 0 Å². The normalized spacial score (nSPS) is 16.3. The van der Waals surface area contributed by atoms with Crippen LogP contribution in [0.25, 0.3) is 21.9 Å². The fraction of sp³-hybridized carbons (Fsp3) is 0.261. The zero-order valence-corrected chi connectivity index (χ0v) is 16.3. The van der Waals surface area contributed by atoms with Gasteiger partial charge in [-0.15, -0.1) is 0 Å². The lowest BCUT2D eigenvalue weighted by Crippen LogP contribution is -2.37. The van der Waals surface area contributed by atoms with Gasteiger partial charge < -0.3 is 19.0 Å². The maximum atomic E-state index is 13.3. The molecule has 3 heterocycles. The van der Waals surface area contributed by atoms with Crippen LogP contribution in [0.3, 0.4) is 0 Å². The predicted octanol–water partition coefficient (Wildman–Crippen LogP) is 3.49. The van der Waals surface area contributed by atoms with Crippen molar-refractivity contribution in [1.82, 2.24) is 14.9 Å². The largest absolute Gasteiger partial charge is 0.451 e. The number of furan rings is 1. The van der Waals surface area contributed by atoms with E-state index in [1.54, 1.807) is 29.2 Å². The van der Waals surface area contributed by atoms with Gasteiger partial charge in [0.2, 0.25) is 0 Å². The number of rotatable bonds is 5. The molecule has 0 saturated carbocycles. The van der Waals surface area contributed by atoms with E-state index < -0.39 is 0 Å². The fourth-order valence-corrected chi connectivity index (χ4v) is 3.89. The Morgan fingerprint density at radius 1 is 1.17 bits per heavy atom. The second-order valence-corrected chi connectivity index (χ2v) is 7.50. The quantitative estimate of drug-likeness (QED) is 0.551. The average molecular weight is 403 g/mol. The predicted molar refractivity (Wildman–Crippen MR) is 112 cm³/mol. The molecule has 2 aromatic heterocycles. The van der Waals surface area contributed by atoms with Gasteiger partial charge in [-0.05, 0) is 37.1 Å². The van der Waals surface area contributed by atoms with Gasteiger partial charge in [-0.1, -0.05) is 30.3 Å². The number of para-hydroxylation sites is 2. The van der Waals surface area contributed by atoms with Crippen molar-refractivity contribution in [2.24, 2.45) is 0 Å². The smallest absolute Gasteiger partial charge is 0.290 e. The Balaban J connectivity index is 1.48. The van der Waals surface area contributed by atoms with Crippen molar-refractivity contribution < 1.29 is 13.9 Å². The van der Waals surface area contributed by atoms with Crippen LogP contribution in [0.4, 0.5) is 0 Å². The highest BCUT2D eigenvalue weighted by molar-refractivity contribution is 5.96. The van der Waals surface area contributed by atoms with Gasteiger partial charge in [0, 0.05) is 18.5 Å². The van der Waals surface area contributed by atoms with E-state index >= 15 is 0 Å². The number of hydrogen-bond donors (Lipinski definition) is 1. The minimum Gasteiger partial charge on any atom is -0.451 e. The number of aromatic nitrogens is 2. The van der Waals surface area contributed by atoms with Crippen LogP contribution in [0, 0.1) is 0 Å². The Morgan fingerprint density at radius 2 is 2.00 bits per heavy atom. The summed E-state index contributed by atoms with van der Waals surface area (Å²) < 4.78 is 11.5. The number of nitrogens with zero attached hydrogens (tertiary/aromatic N) is 2. The number of hydrogen-bond acceptors (Lipinski definition) is 5. The Bertz CT molecular complexity index is 1240. The third-order valence-electron chi connectivity index (χ3n) is 5.37. The monoisotopic (exact) mass is 403 g/mol. The summed E-state index contributed by atoms with van der Waals surface area (Å²) in [6.45, 7) is 1.27. The number of nitrogens with one attached hydrogen (secondary N) is 1. The van der Waals surface area contributed by atoms with E-state index in [1.807, 2.05) is 30.3 Å². The first-order chi connectivity index (χ1) is 14.7. The van der Waals surface area contributed by atoms with Crippen molar-refractivity contribution >= 4 is 27.8 Å². The first kappa shape index (κ1) is 18.6. The molecule has 4 aromatic rings. The van der Waals surface area contributed by atoms with E-state index in [-0.39, 0.29) is 29.9 Å². The van der Waals surface area contributed by atoms with Crippen LogP contribution < -0.4 is 5.56 Å². The van der Waals surface area contributed by atoms with Crippen LogP contribution in [0.2, 0.25) is 0 Å². The molecule has 1 atom stereocenters. The van der Waals surface area contributed by atoms with Gasteiger partial charge in [0.05, 0.1) is 23.6 Å². The van der Waals surface area contributed by atoms with Crippen LogP contribution in [0.1, 0.15) is 29.2 Å². The molecule has 0 bridgehead atoms. The number of fused-ring (bicyclic) bond motifs is 2. The Labute approximate surface area is 172 Å². The highest BCUT2D eigenvalue weighted by atomic mass is 16.5. The zero-order chi connectivity index (χ0) is 20.5. The van der Waals surface area contributed by atoms with Crippen LogP contribution in [0.15, 0.2) is 63.8 Å². The van der Waals surface area contributed by atoms with Crippen molar-refractivity contribution in [1.29, 1.82) is 0 Å². The summed E-state index contributed by atoms with van der Waals surface area (Å²) >= 11 is 0. The van der Waals surface area contributed by atoms with E-state index in [9.17, 15) is 9.59 Å². The van der Waals surface area contributed by atoms with Crippen LogP contribution in [-0.4, -0.2) is 40.0 Å². The zero-order valence-electron chi connectivity index (χ0n) is 16.3. The lowest BCUT2D eigenvalue weighted by molar-refractivity contribution is 0.0479. The minimum atomic E-state index is -0.252. The Hall–Kier alpha value is -3.45. The van der Waals surface area contributed by atoms with Crippen molar-refractivity contribution in [2.75, 3.05) is 13.2 Å². The second kappa shape index (κ2) is 7.76. The molecule has 30 heavy (non-hydrogen) atoms. The van der Waals surface area contributed by atoms with E-state index in [1.165, 1.54) is 0 Å². The maximum absolute atomic E-state index is 13.3. The van der Waals surface area contributed by atoms with Gasteiger partial charge in [0.15, 0.2) is 5.76 Å². The molecule has 1 unspecified atom stereocenters. The van der Waals surface area contributed by atoms with Crippen molar-refractivity contribution in [3.8, 4) is 0 Å². The van der Waals surface area contributed by atoms with Gasteiger partial charge in [0.25, 0.3) is 11.5 Å². The summed E-state index contributed by atoms with van der Waals surface area (Å²) in [4.78, 5) is 34.7.